The second kappa shape index (κ2) is 14.5. The molecule has 0 heterocycles. The van der Waals surface area contributed by atoms with Crippen LogP contribution >= 0.6 is 12.4 Å². The number of halogens is 1. The molecule has 20 heavy (non-hydrogen) atoms. The summed E-state index contributed by atoms with van der Waals surface area (Å²) in [6.45, 7) is 3.19. The molecule has 122 valence electrons. The Bertz CT molecular complexity index is 265. The number of aliphatic hydroxyl groups excluding tert-OH is 2. The first-order valence-corrected chi connectivity index (χ1v) is 5.72. The average Bonchev–Trinajstić information content (AvgIpc) is 2.42. The van der Waals surface area contributed by atoms with Gasteiger partial charge in [-0.2, -0.15) is 0 Å². The summed E-state index contributed by atoms with van der Waals surface area (Å²) in [5.74, 6) is -1.02. The summed E-state index contributed by atoms with van der Waals surface area (Å²) in [5.41, 5.74) is 5.00. The fourth-order valence-electron chi connectivity index (χ4n) is 0.966. The third-order valence-corrected chi connectivity index (χ3v) is 1.90. The SMILES string of the molecule is COC(=O)C(CO)NC(C)C.COC(=O)C(N)CO.Cl. The normalized spacial score (nSPS) is 12.4. The summed E-state index contributed by atoms with van der Waals surface area (Å²) in [7, 11) is 2.52. The van der Waals surface area contributed by atoms with E-state index < -0.39 is 24.0 Å². The van der Waals surface area contributed by atoms with Crippen molar-refractivity contribution in [2.75, 3.05) is 27.4 Å². The summed E-state index contributed by atoms with van der Waals surface area (Å²) in [6.07, 6.45) is 0. The molecule has 0 aliphatic heterocycles. The van der Waals surface area contributed by atoms with Gasteiger partial charge in [-0.1, -0.05) is 13.8 Å². The highest BCUT2D eigenvalue weighted by atomic mass is 35.5. The van der Waals surface area contributed by atoms with Gasteiger partial charge in [0.25, 0.3) is 0 Å². The molecule has 0 aliphatic rings. The summed E-state index contributed by atoms with van der Waals surface area (Å²) < 4.78 is 8.62. The first-order chi connectivity index (χ1) is 8.83. The smallest absolute Gasteiger partial charge is 0.325 e. The zero-order valence-electron chi connectivity index (χ0n) is 12.2. The average molecular weight is 317 g/mol. The second-order valence-corrected chi connectivity index (χ2v) is 3.89. The van der Waals surface area contributed by atoms with Crippen molar-refractivity contribution in [1.29, 1.82) is 0 Å². The summed E-state index contributed by atoms with van der Waals surface area (Å²) >= 11 is 0. The Kier molecular flexibility index (Phi) is 17.5. The molecule has 0 rings (SSSR count). The number of carbonyl (C=O) groups is 2. The molecule has 0 saturated heterocycles. The van der Waals surface area contributed by atoms with E-state index in [0.29, 0.717) is 0 Å². The predicted molar refractivity (Wildman–Crippen MR) is 75.5 cm³/mol. The molecule has 0 aromatic carbocycles. The molecule has 8 nitrogen and oxygen atoms in total. The van der Waals surface area contributed by atoms with Crippen molar-refractivity contribution in [1.82, 2.24) is 5.32 Å². The second-order valence-electron chi connectivity index (χ2n) is 3.89. The minimum atomic E-state index is -0.889. The lowest BCUT2D eigenvalue weighted by atomic mass is 10.2. The highest BCUT2D eigenvalue weighted by Gasteiger charge is 2.17. The number of rotatable bonds is 6. The lowest BCUT2D eigenvalue weighted by molar-refractivity contribution is -0.144. The maximum atomic E-state index is 10.8. The first-order valence-electron chi connectivity index (χ1n) is 5.72. The fourth-order valence-corrected chi connectivity index (χ4v) is 0.966. The van der Waals surface area contributed by atoms with Gasteiger partial charge in [-0.15, -0.1) is 12.4 Å². The van der Waals surface area contributed by atoms with Crippen LogP contribution in [0.15, 0.2) is 0 Å². The third-order valence-electron chi connectivity index (χ3n) is 1.90. The van der Waals surface area contributed by atoms with E-state index in [1.54, 1.807) is 0 Å². The molecule has 0 bridgehead atoms. The minimum Gasteiger partial charge on any atom is -0.468 e. The molecule has 0 aromatic rings. The third kappa shape index (κ3) is 12.1. The molecule has 0 aromatic heterocycles. The Morgan fingerprint density at radius 1 is 1.10 bits per heavy atom. The van der Waals surface area contributed by atoms with Crippen LogP contribution in [0.1, 0.15) is 13.8 Å². The Balaban J connectivity index is -0.000000288. The van der Waals surface area contributed by atoms with Crippen molar-refractivity contribution in [3.63, 3.8) is 0 Å². The molecule has 5 N–H and O–H groups in total. The standard InChI is InChI=1S/C7H15NO3.C4H9NO3.ClH/c1-5(2)8-6(4-9)7(10)11-3;1-8-4(7)3(5)2-6;/h5-6,8-9H,4H2,1-3H3;3,6H,2,5H2,1H3;1H. The number of nitrogens with two attached hydrogens (primary N) is 1. The van der Waals surface area contributed by atoms with Crippen molar-refractivity contribution in [2.45, 2.75) is 32.0 Å². The van der Waals surface area contributed by atoms with Crippen LogP contribution in [0, 0.1) is 0 Å². The van der Waals surface area contributed by atoms with E-state index in [0.717, 1.165) is 0 Å². The van der Waals surface area contributed by atoms with Crippen molar-refractivity contribution < 1.29 is 29.3 Å². The van der Waals surface area contributed by atoms with Crippen molar-refractivity contribution in [2.24, 2.45) is 5.73 Å². The number of methoxy groups -OCH3 is 2. The van der Waals surface area contributed by atoms with Gasteiger partial charge in [-0.05, 0) is 0 Å². The van der Waals surface area contributed by atoms with Crippen LogP contribution in [0.4, 0.5) is 0 Å². The predicted octanol–water partition coefficient (Wildman–Crippen LogP) is -1.58. The Hall–Kier alpha value is -0.930. The highest BCUT2D eigenvalue weighted by molar-refractivity contribution is 5.85. The molecular weight excluding hydrogens is 292 g/mol. The molecule has 0 amide bonds. The van der Waals surface area contributed by atoms with Crippen LogP contribution in [0.3, 0.4) is 0 Å². The van der Waals surface area contributed by atoms with E-state index in [2.05, 4.69) is 14.8 Å². The number of carbonyl (C=O) groups excluding carboxylic acids is 2. The number of ether oxygens (including phenoxy) is 2. The van der Waals surface area contributed by atoms with Gasteiger partial charge in [0.1, 0.15) is 12.1 Å². The highest BCUT2D eigenvalue weighted by Crippen LogP contribution is 1.89. The topological polar surface area (TPSA) is 131 Å². The molecule has 0 aliphatic carbocycles. The molecule has 0 saturated carbocycles. The quantitative estimate of drug-likeness (QED) is 0.432. The molecule has 9 heteroatoms. The van der Waals surface area contributed by atoms with Gasteiger partial charge in [0.05, 0.1) is 27.4 Å². The van der Waals surface area contributed by atoms with Gasteiger partial charge in [0.15, 0.2) is 0 Å². The van der Waals surface area contributed by atoms with Crippen LogP contribution in [0.25, 0.3) is 0 Å². The van der Waals surface area contributed by atoms with Crippen molar-refractivity contribution in [3.05, 3.63) is 0 Å². The van der Waals surface area contributed by atoms with E-state index in [4.69, 9.17) is 15.9 Å². The van der Waals surface area contributed by atoms with Crippen LogP contribution in [0.5, 0.6) is 0 Å². The van der Waals surface area contributed by atoms with Crippen molar-refractivity contribution in [3.8, 4) is 0 Å². The van der Waals surface area contributed by atoms with Gasteiger partial charge < -0.3 is 30.7 Å². The fraction of sp³-hybridized carbons (Fsp3) is 0.818. The van der Waals surface area contributed by atoms with Crippen LogP contribution in [0.2, 0.25) is 0 Å². The zero-order valence-corrected chi connectivity index (χ0v) is 13.0. The lowest BCUT2D eigenvalue weighted by Crippen LogP contribution is -2.44. The molecular formula is C11H25ClN2O6. The number of hydrogen-bond donors (Lipinski definition) is 4. The minimum absolute atomic E-state index is 0. The van der Waals surface area contributed by atoms with E-state index in [-0.39, 0.29) is 31.7 Å². The van der Waals surface area contributed by atoms with Gasteiger partial charge in [0.2, 0.25) is 0 Å². The molecule has 0 fully saturated rings. The van der Waals surface area contributed by atoms with Gasteiger partial charge >= 0.3 is 11.9 Å². The van der Waals surface area contributed by atoms with Crippen LogP contribution in [-0.2, 0) is 19.1 Å². The van der Waals surface area contributed by atoms with Gasteiger partial charge in [-0.25, -0.2) is 0 Å². The van der Waals surface area contributed by atoms with Gasteiger partial charge in [0, 0.05) is 6.04 Å². The van der Waals surface area contributed by atoms with E-state index in [1.807, 2.05) is 13.8 Å². The summed E-state index contributed by atoms with van der Waals surface area (Å²) in [6, 6.07) is -1.33. The Morgan fingerprint density at radius 2 is 1.55 bits per heavy atom. The van der Waals surface area contributed by atoms with Gasteiger partial charge in [-0.3, -0.25) is 9.59 Å². The summed E-state index contributed by atoms with van der Waals surface area (Å²) in [5, 5.41) is 19.8. The molecule has 2 atom stereocenters. The van der Waals surface area contributed by atoms with Crippen molar-refractivity contribution >= 4 is 24.3 Å². The van der Waals surface area contributed by atoms with E-state index >= 15 is 0 Å². The van der Waals surface area contributed by atoms with E-state index in [1.165, 1.54) is 14.2 Å². The maximum absolute atomic E-state index is 10.8. The first kappa shape index (κ1) is 24.1. The molecule has 2 unspecified atom stereocenters. The zero-order chi connectivity index (χ0) is 15.4. The lowest BCUT2D eigenvalue weighted by Gasteiger charge is -2.15. The number of nitrogens with one attached hydrogen (secondary N) is 1. The monoisotopic (exact) mass is 316 g/mol. The largest absolute Gasteiger partial charge is 0.468 e. The van der Waals surface area contributed by atoms with Crippen LogP contribution < -0.4 is 11.1 Å². The molecule has 0 spiro atoms. The number of aliphatic hydroxyl groups is 2. The maximum Gasteiger partial charge on any atom is 0.325 e. The van der Waals surface area contributed by atoms with Crippen LogP contribution in [-0.4, -0.2) is 67.7 Å². The summed E-state index contributed by atoms with van der Waals surface area (Å²) in [4.78, 5) is 21.1. The van der Waals surface area contributed by atoms with E-state index in [9.17, 15) is 9.59 Å². The number of esters is 2. The Labute approximate surface area is 125 Å². The Morgan fingerprint density at radius 3 is 1.75 bits per heavy atom. The molecule has 0 radical (unpaired) electrons. The number of hydrogen-bond acceptors (Lipinski definition) is 8.